The Bertz CT molecular complexity index is 404. The van der Waals surface area contributed by atoms with Crippen LogP contribution in [0.15, 0.2) is 29.3 Å². The summed E-state index contributed by atoms with van der Waals surface area (Å²) in [4.78, 5) is 4.64. The number of aliphatic imine (C=N–C) groups is 1. The number of hydrogen-bond acceptors (Lipinski definition) is 2. The molecule has 1 saturated heterocycles. The molecular weight excluding hydrogens is 264 g/mol. The van der Waals surface area contributed by atoms with Gasteiger partial charge in [-0.25, -0.2) is 0 Å². The fourth-order valence-corrected chi connectivity index (χ4v) is 3.39. The molecule has 1 heterocycles. The first-order valence-electron chi connectivity index (χ1n) is 6.35. The molecule has 4 heteroatoms. The summed E-state index contributed by atoms with van der Waals surface area (Å²) in [5.41, 5.74) is 1.28. The van der Waals surface area contributed by atoms with Gasteiger partial charge in [-0.2, -0.15) is 0 Å². The Morgan fingerprint density at radius 1 is 1.33 bits per heavy atom. The molecule has 0 amide bonds. The smallest absolute Gasteiger partial charge is 0.157 e. The van der Waals surface area contributed by atoms with Gasteiger partial charge in [-0.3, -0.25) is 4.99 Å². The highest BCUT2D eigenvalue weighted by Gasteiger charge is 2.19. The van der Waals surface area contributed by atoms with E-state index in [-0.39, 0.29) is 0 Å². The molecule has 0 saturated carbocycles. The van der Waals surface area contributed by atoms with Crippen molar-refractivity contribution in [1.82, 2.24) is 5.32 Å². The van der Waals surface area contributed by atoms with Gasteiger partial charge in [0, 0.05) is 22.9 Å². The van der Waals surface area contributed by atoms with E-state index >= 15 is 0 Å². The van der Waals surface area contributed by atoms with Crippen molar-refractivity contribution in [2.75, 3.05) is 6.54 Å². The van der Waals surface area contributed by atoms with E-state index in [2.05, 4.69) is 36.3 Å². The molecule has 1 N–H and O–H groups in total. The van der Waals surface area contributed by atoms with Crippen LogP contribution in [0.5, 0.6) is 0 Å². The first-order chi connectivity index (χ1) is 8.63. The molecule has 18 heavy (non-hydrogen) atoms. The Morgan fingerprint density at radius 2 is 2.06 bits per heavy atom. The van der Waals surface area contributed by atoms with E-state index in [9.17, 15) is 0 Å². The zero-order chi connectivity index (χ0) is 13.0. The third-order valence-electron chi connectivity index (χ3n) is 2.94. The van der Waals surface area contributed by atoms with Crippen molar-refractivity contribution < 1.29 is 0 Å². The Hall–Kier alpha value is -0.670. The highest BCUT2D eigenvalue weighted by Crippen LogP contribution is 2.22. The molecule has 2 unspecified atom stereocenters. The second-order valence-corrected chi connectivity index (χ2v) is 6.64. The van der Waals surface area contributed by atoms with Crippen molar-refractivity contribution in [3.8, 4) is 0 Å². The van der Waals surface area contributed by atoms with Crippen molar-refractivity contribution >= 4 is 28.5 Å². The highest BCUT2D eigenvalue weighted by atomic mass is 35.5. The lowest BCUT2D eigenvalue weighted by Gasteiger charge is -2.26. The molecule has 2 atom stereocenters. The maximum Gasteiger partial charge on any atom is 0.157 e. The van der Waals surface area contributed by atoms with Crippen molar-refractivity contribution in [2.45, 2.75) is 38.0 Å². The second kappa shape index (κ2) is 6.48. The van der Waals surface area contributed by atoms with Crippen LogP contribution in [-0.2, 0) is 6.42 Å². The molecule has 98 valence electrons. The van der Waals surface area contributed by atoms with Crippen LogP contribution in [0.4, 0.5) is 0 Å². The van der Waals surface area contributed by atoms with Gasteiger partial charge in [-0.1, -0.05) is 42.4 Å². The monoisotopic (exact) mass is 282 g/mol. The molecule has 1 aromatic rings. The quantitative estimate of drug-likeness (QED) is 0.913. The summed E-state index contributed by atoms with van der Waals surface area (Å²) >= 11 is 7.70. The van der Waals surface area contributed by atoms with E-state index < -0.39 is 0 Å². The molecule has 0 spiro atoms. The van der Waals surface area contributed by atoms with Crippen LogP contribution in [0.2, 0.25) is 5.02 Å². The van der Waals surface area contributed by atoms with Gasteiger partial charge in [-0.15, -0.1) is 0 Å². The summed E-state index contributed by atoms with van der Waals surface area (Å²) < 4.78 is 0. The Labute approximate surface area is 118 Å². The summed E-state index contributed by atoms with van der Waals surface area (Å²) in [5.74, 6) is 0. The third kappa shape index (κ3) is 4.21. The summed E-state index contributed by atoms with van der Waals surface area (Å²) in [6.45, 7) is 5.30. The minimum absolute atomic E-state index is 0.538. The lowest BCUT2D eigenvalue weighted by Crippen LogP contribution is -2.38. The van der Waals surface area contributed by atoms with Gasteiger partial charge in [0.05, 0.1) is 0 Å². The number of nitrogens with zero attached hydrogens (tertiary/aromatic N) is 1. The summed E-state index contributed by atoms with van der Waals surface area (Å²) in [5, 5.41) is 5.98. The fourth-order valence-electron chi connectivity index (χ4n) is 2.06. The number of thioether (sulfide) groups is 1. The second-order valence-electron chi connectivity index (χ2n) is 4.77. The van der Waals surface area contributed by atoms with Crippen LogP contribution < -0.4 is 5.32 Å². The maximum atomic E-state index is 5.86. The average Bonchev–Trinajstić information content (AvgIpc) is 2.30. The topological polar surface area (TPSA) is 24.4 Å². The van der Waals surface area contributed by atoms with Crippen LogP contribution in [-0.4, -0.2) is 23.0 Å². The minimum Gasteiger partial charge on any atom is -0.362 e. The molecule has 0 aromatic heterocycles. The molecule has 0 radical (unpaired) electrons. The molecule has 0 bridgehead atoms. The third-order valence-corrected chi connectivity index (χ3v) is 4.25. The van der Waals surface area contributed by atoms with Gasteiger partial charge in [-0.05, 0) is 37.5 Å². The first-order valence-corrected chi connectivity index (χ1v) is 7.61. The normalized spacial score (nSPS) is 26.1. The van der Waals surface area contributed by atoms with E-state index in [0.29, 0.717) is 11.3 Å². The number of nitrogens with one attached hydrogen (secondary N) is 1. The van der Waals surface area contributed by atoms with Gasteiger partial charge >= 0.3 is 0 Å². The van der Waals surface area contributed by atoms with E-state index in [0.717, 1.165) is 23.2 Å². The molecule has 0 aliphatic carbocycles. The van der Waals surface area contributed by atoms with Gasteiger partial charge in [0.15, 0.2) is 5.17 Å². The van der Waals surface area contributed by atoms with Crippen LogP contribution in [0.1, 0.15) is 25.8 Å². The number of halogens is 1. The minimum atomic E-state index is 0.538. The molecule has 1 aromatic carbocycles. The van der Waals surface area contributed by atoms with Gasteiger partial charge in [0.2, 0.25) is 0 Å². The molecule has 2 nitrogen and oxygen atoms in total. The zero-order valence-corrected chi connectivity index (χ0v) is 12.4. The van der Waals surface area contributed by atoms with Crippen LogP contribution in [0, 0.1) is 0 Å². The van der Waals surface area contributed by atoms with Gasteiger partial charge < -0.3 is 5.32 Å². The number of hydrogen-bond donors (Lipinski definition) is 1. The average molecular weight is 283 g/mol. The van der Waals surface area contributed by atoms with E-state index in [1.165, 1.54) is 12.0 Å². The number of amidine groups is 1. The Balaban J connectivity index is 1.85. The molecule has 1 fully saturated rings. The lowest BCUT2D eigenvalue weighted by atomic mass is 10.1. The standard InChI is InChI=1S/C14H19ClN2S/c1-10-9-11(2)18-14(17-10)16-8-7-12-3-5-13(15)6-4-12/h3-6,10-11H,7-9H2,1-2H3,(H,16,17). The van der Waals surface area contributed by atoms with Crippen molar-refractivity contribution in [1.29, 1.82) is 0 Å². The lowest BCUT2D eigenvalue weighted by molar-refractivity contribution is 0.597. The first kappa shape index (κ1) is 13.8. The van der Waals surface area contributed by atoms with Gasteiger partial charge in [0.1, 0.15) is 0 Å². The maximum absolute atomic E-state index is 5.86. The summed E-state index contributed by atoms with van der Waals surface area (Å²) in [6, 6.07) is 8.53. The summed E-state index contributed by atoms with van der Waals surface area (Å²) in [6.07, 6.45) is 2.17. The van der Waals surface area contributed by atoms with E-state index in [1.807, 2.05) is 23.9 Å². The predicted molar refractivity (Wildman–Crippen MR) is 81.7 cm³/mol. The Kier molecular flexibility index (Phi) is 4.95. The van der Waals surface area contributed by atoms with Crippen LogP contribution in [0.3, 0.4) is 0 Å². The van der Waals surface area contributed by atoms with Gasteiger partial charge in [0.25, 0.3) is 0 Å². The summed E-state index contributed by atoms with van der Waals surface area (Å²) in [7, 11) is 0. The molecule has 1 aliphatic rings. The van der Waals surface area contributed by atoms with Crippen LogP contribution >= 0.6 is 23.4 Å². The zero-order valence-electron chi connectivity index (χ0n) is 10.8. The van der Waals surface area contributed by atoms with Crippen molar-refractivity contribution in [3.05, 3.63) is 34.9 Å². The largest absolute Gasteiger partial charge is 0.362 e. The number of rotatable bonds is 3. The van der Waals surface area contributed by atoms with E-state index in [1.54, 1.807) is 0 Å². The van der Waals surface area contributed by atoms with Crippen LogP contribution in [0.25, 0.3) is 0 Å². The molecule has 1 aliphatic heterocycles. The highest BCUT2D eigenvalue weighted by molar-refractivity contribution is 8.14. The fraction of sp³-hybridized carbons (Fsp3) is 0.500. The van der Waals surface area contributed by atoms with Crippen molar-refractivity contribution in [2.24, 2.45) is 4.99 Å². The SMILES string of the molecule is CC1CC(C)SC(=NCCc2ccc(Cl)cc2)N1. The molecular formula is C14H19ClN2S. The van der Waals surface area contributed by atoms with Crippen molar-refractivity contribution in [3.63, 3.8) is 0 Å². The van der Waals surface area contributed by atoms with E-state index in [4.69, 9.17) is 11.6 Å². The molecule has 2 rings (SSSR count). The number of benzene rings is 1. The predicted octanol–water partition coefficient (Wildman–Crippen LogP) is 3.74. The Morgan fingerprint density at radius 3 is 2.72 bits per heavy atom.